The second-order valence-electron chi connectivity index (χ2n) is 3.34. The van der Waals surface area contributed by atoms with Crippen LogP contribution in [0.3, 0.4) is 0 Å². The molecule has 0 aliphatic carbocycles. The van der Waals surface area contributed by atoms with Crippen LogP contribution >= 0.6 is 0 Å². The van der Waals surface area contributed by atoms with E-state index in [-0.39, 0.29) is 0 Å². The highest BCUT2D eigenvalue weighted by atomic mass is 16.4. The number of aliphatic carboxylic acids is 1. The Balaban J connectivity index is 2.37. The van der Waals surface area contributed by atoms with Crippen molar-refractivity contribution < 1.29 is 14.7 Å². The maximum absolute atomic E-state index is 11.1. The summed E-state index contributed by atoms with van der Waals surface area (Å²) in [6.45, 7) is 1.77. The second-order valence-corrected chi connectivity index (χ2v) is 3.34. The number of carboxylic acids is 1. The Kier molecular flexibility index (Phi) is 3.87. The number of amides is 2. The van der Waals surface area contributed by atoms with Gasteiger partial charge in [0, 0.05) is 25.4 Å². The van der Waals surface area contributed by atoms with Gasteiger partial charge in [-0.3, -0.25) is 9.48 Å². The Bertz CT molecular complexity index is 399. The second kappa shape index (κ2) is 5.15. The van der Waals surface area contributed by atoms with Crippen molar-refractivity contribution in [2.24, 2.45) is 7.05 Å². The number of aromatic nitrogens is 2. The number of carbonyl (C=O) groups is 2. The normalized spacial score (nSPS) is 9.88. The van der Waals surface area contributed by atoms with Gasteiger partial charge in [-0.05, 0) is 6.92 Å². The molecule has 0 radical (unpaired) electrons. The van der Waals surface area contributed by atoms with E-state index in [9.17, 15) is 9.59 Å². The van der Waals surface area contributed by atoms with Crippen molar-refractivity contribution in [1.82, 2.24) is 20.4 Å². The molecule has 1 rings (SSSR count). The zero-order valence-corrected chi connectivity index (χ0v) is 9.15. The van der Waals surface area contributed by atoms with Crippen LogP contribution in [0.5, 0.6) is 0 Å². The van der Waals surface area contributed by atoms with Crippen molar-refractivity contribution >= 4 is 12.0 Å². The van der Waals surface area contributed by atoms with Crippen LogP contribution in [0, 0.1) is 6.92 Å². The molecule has 3 N–H and O–H groups in total. The Labute approximate surface area is 92.4 Å². The first-order valence-corrected chi connectivity index (χ1v) is 4.71. The molecule has 0 aliphatic rings. The predicted octanol–water partition coefficient (Wildman–Crippen LogP) is -0.388. The number of aryl methyl sites for hydroxylation is 2. The number of nitrogens with one attached hydrogen (secondary N) is 2. The van der Waals surface area contributed by atoms with Crippen molar-refractivity contribution in [3.8, 4) is 0 Å². The van der Waals surface area contributed by atoms with Gasteiger partial charge >= 0.3 is 12.0 Å². The Morgan fingerprint density at radius 2 is 2.19 bits per heavy atom. The highest BCUT2D eigenvalue weighted by molar-refractivity contribution is 5.79. The topological polar surface area (TPSA) is 96.3 Å². The van der Waals surface area contributed by atoms with E-state index in [0.717, 1.165) is 11.3 Å². The molecule has 1 aromatic rings. The van der Waals surface area contributed by atoms with E-state index in [4.69, 9.17) is 5.11 Å². The summed E-state index contributed by atoms with van der Waals surface area (Å²) in [7, 11) is 1.79. The molecule has 1 aromatic heterocycles. The minimum Gasteiger partial charge on any atom is -0.480 e. The molecule has 0 atom stereocenters. The Morgan fingerprint density at radius 1 is 1.50 bits per heavy atom. The van der Waals surface area contributed by atoms with E-state index >= 15 is 0 Å². The van der Waals surface area contributed by atoms with E-state index in [1.165, 1.54) is 0 Å². The molecule has 1 heterocycles. The molecule has 7 heteroatoms. The summed E-state index contributed by atoms with van der Waals surface area (Å²) in [5.74, 6) is -1.08. The number of hydrogen-bond donors (Lipinski definition) is 3. The van der Waals surface area contributed by atoms with Gasteiger partial charge in [-0.1, -0.05) is 0 Å². The van der Waals surface area contributed by atoms with Gasteiger partial charge in [-0.25, -0.2) is 4.79 Å². The SMILES string of the molecule is Cc1nn(C)cc1CNC(=O)NCC(=O)O. The molecule has 16 heavy (non-hydrogen) atoms. The van der Waals surface area contributed by atoms with Crippen LogP contribution in [-0.2, 0) is 18.4 Å². The van der Waals surface area contributed by atoms with Crippen molar-refractivity contribution in [2.45, 2.75) is 13.5 Å². The Morgan fingerprint density at radius 3 is 2.69 bits per heavy atom. The molecule has 0 saturated heterocycles. The number of carboxylic acid groups (broad SMARTS) is 1. The fraction of sp³-hybridized carbons (Fsp3) is 0.444. The van der Waals surface area contributed by atoms with Crippen LogP contribution < -0.4 is 10.6 Å². The minimum atomic E-state index is -1.08. The number of hydrogen-bond acceptors (Lipinski definition) is 3. The monoisotopic (exact) mass is 226 g/mol. The lowest BCUT2D eigenvalue weighted by molar-refractivity contribution is -0.135. The smallest absolute Gasteiger partial charge is 0.323 e. The summed E-state index contributed by atoms with van der Waals surface area (Å²) >= 11 is 0. The first kappa shape index (κ1) is 12.0. The third-order valence-electron chi connectivity index (χ3n) is 1.95. The molecule has 88 valence electrons. The van der Waals surface area contributed by atoms with Gasteiger partial charge < -0.3 is 15.7 Å². The fourth-order valence-electron chi connectivity index (χ4n) is 1.22. The van der Waals surface area contributed by atoms with E-state index in [0.29, 0.717) is 6.54 Å². The highest BCUT2D eigenvalue weighted by Crippen LogP contribution is 2.03. The third kappa shape index (κ3) is 3.60. The highest BCUT2D eigenvalue weighted by Gasteiger charge is 2.06. The molecule has 0 aromatic carbocycles. The number of carbonyl (C=O) groups excluding carboxylic acids is 1. The molecule has 2 amide bonds. The van der Waals surface area contributed by atoms with Crippen LogP contribution in [0.4, 0.5) is 4.79 Å². The summed E-state index contributed by atoms with van der Waals surface area (Å²) in [5.41, 5.74) is 1.73. The zero-order valence-electron chi connectivity index (χ0n) is 9.15. The first-order valence-electron chi connectivity index (χ1n) is 4.71. The summed E-state index contributed by atoms with van der Waals surface area (Å²) in [6, 6.07) is -0.509. The summed E-state index contributed by atoms with van der Waals surface area (Å²) in [5, 5.41) is 17.2. The maximum Gasteiger partial charge on any atom is 0.323 e. The van der Waals surface area contributed by atoms with Crippen LogP contribution in [0.2, 0.25) is 0 Å². The number of urea groups is 1. The lowest BCUT2D eigenvalue weighted by Crippen LogP contribution is -2.38. The molecular weight excluding hydrogens is 212 g/mol. The van der Waals surface area contributed by atoms with E-state index in [1.807, 2.05) is 6.92 Å². The van der Waals surface area contributed by atoms with Gasteiger partial charge in [-0.15, -0.1) is 0 Å². The quantitative estimate of drug-likeness (QED) is 0.651. The van der Waals surface area contributed by atoms with Crippen LogP contribution in [0.25, 0.3) is 0 Å². The fourth-order valence-corrected chi connectivity index (χ4v) is 1.22. The standard InChI is InChI=1S/C9H14N4O3/c1-6-7(5-13(2)12-6)3-10-9(16)11-4-8(14)15/h5H,3-4H2,1-2H3,(H,14,15)(H2,10,11,16). The van der Waals surface area contributed by atoms with Crippen molar-refractivity contribution in [3.63, 3.8) is 0 Å². The molecule has 0 aliphatic heterocycles. The van der Waals surface area contributed by atoms with Gasteiger partial charge in [0.1, 0.15) is 6.54 Å². The van der Waals surface area contributed by atoms with Crippen LogP contribution in [0.1, 0.15) is 11.3 Å². The molecule has 7 nitrogen and oxygen atoms in total. The molecule has 0 saturated carbocycles. The van der Waals surface area contributed by atoms with Crippen molar-refractivity contribution in [2.75, 3.05) is 6.54 Å². The van der Waals surface area contributed by atoms with Gasteiger partial charge in [0.05, 0.1) is 5.69 Å². The summed E-state index contributed by atoms with van der Waals surface area (Å²) in [6.07, 6.45) is 1.80. The van der Waals surface area contributed by atoms with Crippen LogP contribution in [-0.4, -0.2) is 33.4 Å². The maximum atomic E-state index is 11.1. The lowest BCUT2D eigenvalue weighted by atomic mass is 10.3. The average Bonchev–Trinajstić information content (AvgIpc) is 2.51. The van der Waals surface area contributed by atoms with Gasteiger partial charge in [0.15, 0.2) is 0 Å². The predicted molar refractivity (Wildman–Crippen MR) is 55.8 cm³/mol. The van der Waals surface area contributed by atoms with E-state index < -0.39 is 18.5 Å². The lowest BCUT2D eigenvalue weighted by Gasteiger charge is -2.04. The molecule has 0 spiro atoms. The number of nitrogens with zero attached hydrogens (tertiary/aromatic N) is 2. The summed E-state index contributed by atoms with van der Waals surface area (Å²) < 4.78 is 1.65. The van der Waals surface area contributed by atoms with E-state index in [2.05, 4.69) is 15.7 Å². The molecule has 0 unspecified atom stereocenters. The first-order chi connectivity index (χ1) is 7.49. The van der Waals surface area contributed by atoms with Gasteiger partial charge in [0.2, 0.25) is 0 Å². The summed E-state index contributed by atoms with van der Waals surface area (Å²) in [4.78, 5) is 21.3. The van der Waals surface area contributed by atoms with Gasteiger partial charge in [-0.2, -0.15) is 5.10 Å². The zero-order chi connectivity index (χ0) is 12.1. The minimum absolute atomic E-state index is 0.325. The largest absolute Gasteiger partial charge is 0.480 e. The van der Waals surface area contributed by atoms with E-state index in [1.54, 1.807) is 17.9 Å². The molecular formula is C9H14N4O3. The van der Waals surface area contributed by atoms with Crippen molar-refractivity contribution in [3.05, 3.63) is 17.5 Å². The molecule has 0 fully saturated rings. The van der Waals surface area contributed by atoms with Crippen LogP contribution in [0.15, 0.2) is 6.20 Å². The van der Waals surface area contributed by atoms with Crippen molar-refractivity contribution in [1.29, 1.82) is 0 Å². The average molecular weight is 226 g/mol. The van der Waals surface area contributed by atoms with Gasteiger partial charge in [0.25, 0.3) is 0 Å². The number of rotatable bonds is 4. The molecule has 0 bridgehead atoms. The Hall–Kier alpha value is -2.05. The third-order valence-corrected chi connectivity index (χ3v) is 1.95.